The molecular weight excluding hydrogens is 413 g/mol. The van der Waals surface area contributed by atoms with Gasteiger partial charge in [-0.15, -0.1) is 13.2 Å². The number of urea groups is 1. The van der Waals surface area contributed by atoms with Crippen LogP contribution in [0.4, 0.5) is 23.7 Å². The van der Waals surface area contributed by atoms with E-state index < -0.39 is 35.9 Å². The maximum Gasteiger partial charge on any atom is 0.573 e. The molecule has 0 bridgehead atoms. The van der Waals surface area contributed by atoms with Crippen LogP contribution in [0.3, 0.4) is 0 Å². The lowest BCUT2D eigenvalue weighted by Gasteiger charge is -2.38. The Balaban J connectivity index is 1.57. The average Bonchev–Trinajstić information content (AvgIpc) is 3.02. The fourth-order valence-electron chi connectivity index (χ4n) is 4.23. The molecule has 2 aliphatic rings. The largest absolute Gasteiger partial charge is 0.573 e. The molecule has 1 aliphatic heterocycles. The van der Waals surface area contributed by atoms with E-state index in [0.717, 1.165) is 11.1 Å². The van der Waals surface area contributed by atoms with Crippen LogP contribution >= 0.6 is 0 Å². The van der Waals surface area contributed by atoms with Crippen LogP contribution in [0.5, 0.6) is 11.5 Å². The molecule has 0 radical (unpaired) electrons. The highest BCUT2D eigenvalue weighted by Crippen LogP contribution is 2.46. The molecule has 31 heavy (non-hydrogen) atoms. The van der Waals surface area contributed by atoms with E-state index in [9.17, 15) is 23.1 Å². The number of aliphatic hydroxyl groups excluding tert-OH is 1. The van der Waals surface area contributed by atoms with Crippen molar-refractivity contribution in [1.82, 2.24) is 5.32 Å². The number of hydrogen-bond donors (Lipinski definition) is 3. The number of carbonyl (C=O) groups is 1. The number of para-hydroxylation sites is 1. The van der Waals surface area contributed by atoms with Gasteiger partial charge in [0.2, 0.25) is 0 Å². The molecule has 4 rings (SSSR count). The monoisotopic (exact) mass is 436 g/mol. The van der Waals surface area contributed by atoms with E-state index in [4.69, 9.17) is 4.74 Å². The quantitative estimate of drug-likeness (QED) is 0.664. The van der Waals surface area contributed by atoms with Crippen molar-refractivity contribution >= 4 is 11.7 Å². The lowest BCUT2D eigenvalue weighted by Crippen LogP contribution is -2.42. The van der Waals surface area contributed by atoms with Crippen molar-refractivity contribution in [1.29, 1.82) is 0 Å². The predicted octanol–water partition coefficient (Wildman–Crippen LogP) is 4.47. The Morgan fingerprint density at radius 1 is 1.19 bits per heavy atom. The van der Waals surface area contributed by atoms with Crippen molar-refractivity contribution in [3.8, 4) is 11.5 Å². The summed E-state index contributed by atoms with van der Waals surface area (Å²) in [5, 5.41) is 15.6. The van der Waals surface area contributed by atoms with E-state index in [2.05, 4.69) is 15.4 Å². The number of aliphatic hydroxyl groups is 1. The molecule has 166 valence electrons. The number of hydrogen-bond acceptors (Lipinski definition) is 4. The minimum atomic E-state index is -4.86. The third-order valence-electron chi connectivity index (χ3n) is 5.41. The Hall–Kier alpha value is -2.94. The van der Waals surface area contributed by atoms with Crippen molar-refractivity contribution in [2.24, 2.45) is 0 Å². The van der Waals surface area contributed by atoms with Gasteiger partial charge < -0.3 is 25.2 Å². The Morgan fingerprint density at radius 2 is 1.94 bits per heavy atom. The van der Waals surface area contributed by atoms with Crippen LogP contribution in [-0.4, -0.2) is 29.2 Å². The van der Waals surface area contributed by atoms with Crippen LogP contribution in [0.1, 0.15) is 43.0 Å². The maximum atomic E-state index is 12.8. The summed E-state index contributed by atoms with van der Waals surface area (Å²) in [5.74, 6) is -0.482. The van der Waals surface area contributed by atoms with Gasteiger partial charge in [0.05, 0.1) is 12.1 Å². The zero-order chi connectivity index (χ0) is 22.4. The zero-order valence-electron chi connectivity index (χ0n) is 17.0. The molecule has 0 saturated carbocycles. The molecule has 0 saturated heterocycles. The highest BCUT2D eigenvalue weighted by Gasteiger charge is 2.39. The molecule has 1 aliphatic carbocycles. The average molecular weight is 436 g/mol. The highest BCUT2D eigenvalue weighted by molar-refractivity contribution is 5.91. The topological polar surface area (TPSA) is 79.8 Å². The normalized spacial score (nSPS) is 21.5. The van der Waals surface area contributed by atoms with Crippen LogP contribution < -0.4 is 20.1 Å². The van der Waals surface area contributed by atoms with E-state index in [-0.39, 0.29) is 5.75 Å². The SMILES string of the molecule is CC1(C)CC(NC(=O)Nc2cccc3c2CC(O)C3)c2cccc(OC(F)(F)F)c2O1. The Bertz CT molecular complexity index is 1010. The third kappa shape index (κ3) is 4.71. The number of ether oxygens (including phenoxy) is 2. The number of amides is 2. The number of anilines is 1. The summed E-state index contributed by atoms with van der Waals surface area (Å²) in [7, 11) is 0. The van der Waals surface area contributed by atoms with Crippen LogP contribution in [0, 0.1) is 0 Å². The first-order valence-corrected chi connectivity index (χ1v) is 9.95. The number of carbonyl (C=O) groups excluding carboxylic acids is 1. The molecule has 9 heteroatoms. The summed E-state index contributed by atoms with van der Waals surface area (Å²) >= 11 is 0. The summed E-state index contributed by atoms with van der Waals surface area (Å²) in [4.78, 5) is 12.8. The molecule has 2 aromatic carbocycles. The molecule has 0 aromatic heterocycles. The van der Waals surface area contributed by atoms with E-state index in [1.807, 2.05) is 6.07 Å². The first kappa shape index (κ1) is 21.3. The minimum Gasteiger partial charge on any atom is -0.483 e. The summed E-state index contributed by atoms with van der Waals surface area (Å²) in [6, 6.07) is 8.61. The standard InChI is InChI=1S/C22H23F3N2O4/c1-21(2)11-17(14-6-4-8-18(19(14)31-21)30-22(23,24)25)27-20(29)26-16-7-3-5-12-9-13(28)10-15(12)16/h3-8,13,17,28H,9-11H2,1-2H3,(H2,26,27,29). The number of rotatable bonds is 3. The zero-order valence-corrected chi connectivity index (χ0v) is 17.0. The van der Waals surface area contributed by atoms with Crippen LogP contribution in [0.2, 0.25) is 0 Å². The van der Waals surface area contributed by atoms with Gasteiger partial charge in [-0.05, 0) is 43.5 Å². The molecule has 2 amide bonds. The van der Waals surface area contributed by atoms with Crippen molar-refractivity contribution < 1.29 is 32.5 Å². The highest BCUT2D eigenvalue weighted by atomic mass is 19.4. The number of nitrogens with one attached hydrogen (secondary N) is 2. The van der Waals surface area contributed by atoms with Gasteiger partial charge in [-0.1, -0.05) is 24.3 Å². The molecule has 2 unspecified atom stereocenters. The fraction of sp³-hybridized carbons (Fsp3) is 0.409. The summed E-state index contributed by atoms with van der Waals surface area (Å²) < 4.78 is 48.3. The van der Waals surface area contributed by atoms with E-state index >= 15 is 0 Å². The van der Waals surface area contributed by atoms with Crippen molar-refractivity contribution in [2.45, 2.75) is 57.2 Å². The number of fused-ring (bicyclic) bond motifs is 2. The van der Waals surface area contributed by atoms with Crippen LogP contribution in [0.25, 0.3) is 0 Å². The van der Waals surface area contributed by atoms with E-state index in [1.54, 1.807) is 32.0 Å². The molecular formula is C22H23F3N2O4. The summed E-state index contributed by atoms with van der Waals surface area (Å²) in [6.45, 7) is 3.47. The first-order chi connectivity index (χ1) is 14.5. The maximum absolute atomic E-state index is 12.8. The smallest absolute Gasteiger partial charge is 0.483 e. The molecule has 6 nitrogen and oxygen atoms in total. The summed E-state index contributed by atoms with van der Waals surface area (Å²) in [6.07, 6.45) is -3.99. The van der Waals surface area contributed by atoms with Gasteiger partial charge in [0.15, 0.2) is 11.5 Å². The van der Waals surface area contributed by atoms with Crippen LogP contribution in [0.15, 0.2) is 36.4 Å². The molecule has 0 spiro atoms. The molecule has 2 aromatic rings. The Morgan fingerprint density at radius 3 is 2.68 bits per heavy atom. The van der Waals surface area contributed by atoms with Crippen LogP contribution in [-0.2, 0) is 12.8 Å². The van der Waals surface area contributed by atoms with Gasteiger partial charge in [-0.25, -0.2) is 4.79 Å². The van der Waals surface area contributed by atoms with Crippen molar-refractivity contribution in [2.75, 3.05) is 5.32 Å². The lowest BCUT2D eigenvalue weighted by atomic mass is 9.89. The van der Waals surface area contributed by atoms with E-state index in [1.165, 1.54) is 12.1 Å². The Labute approximate surface area is 177 Å². The number of alkyl halides is 3. The number of halogens is 3. The van der Waals surface area contributed by atoms with Gasteiger partial charge in [-0.2, -0.15) is 0 Å². The molecule has 2 atom stereocenters. The second-order valence-electron chi connectivity index (χ2n) is 8.44. The molecule has 0 fully saturated rings. The molecule has 1 heterocycles. The van der Waals surface area contributed by atoms with Gasteiger partial charge in [0, 0.05) is 24.1 Å². The van der Waals surface area contributed by atoms with Gasteiger partial charge in [0.25, 0.3) is 0 Å². The van der Waals surface area contributed by atoms with Gasteiger partial charge in [-0.3, -0.25) is 0 Å². The summed E-state index contributed by atoms with van der Waals surface area (Å²) in [5.41, 5.74) is 2.06. The minimum absolute atomic E-state index is 0.0369. The Kier molecular flexibility index (Phi) is 5.25. The lowest BCUT2D eigenvalue weighted by molar-refractivity contribution is -0.275. The first-order valence-electron chi connectivity index (χ1n) is 9.95. The fourth-order valence-corrected chi connectivity index (χ4v) is 4.23. The second-order valence-corrected chi connectivity index (χ2v) is 8.44. The third-order valence-corrected chi connectivity index (χ3v) is 5.41. The molecule has 3 N–H and O–H groups in total. The second kappa shape index (κ2) is 7.64. The number of benzene rings is 2. The van der Waals surface area contributed by atoms with Crippen molar-refractivity contribution in [3.05, 3.63) is 53.1 Å². The van der Waals surface area contributed by atoms with Gasteiger partial charge >= 0.3 is 12.4 Å². The van der Waals surface area contributed by atoms with E-state index in [0.29, 0.717) is 30.5 Å². The predicted molar refractivity (Wildman–Crippen MR) is 107 cm³/mol. The van der Waals surface area contributed by atoms with Gasteiger partial charge in [0.1, 0.15) is 5.60 Å². The van der Waals surface area contributed by atoms with Crippen molar-refractivity contribution in [3.63, 3.8) is 0 Å².